The molecule has 4 heteroatoms. The molecule has 1 atom stereocenters. The van der Waals surface area contributed by atoms with Crippen LogP contribution in [0.3, 0.4) is 0 Å². The van der Waals surface area contributed by atoms with Gasteiger partial charge in [0, 0.05) is 12.4 Å². The molecular formula is C15H18NO2P. The molecule has 2 aromatic rings. The number of nitrogens with one attached hydrogen (secondary N) is 1. The Hall–Kier alpha value is -1.73. The van der Waals surface area contributed by atoms with Crippen molar-refractivity contribution in [2.45, 2.75) is 13.8 Å². The van der Waals surface area contributed by atoms with Crippen LogP contribution in [0, 0.1) is 13.8 Å². The second-order valence-corrected chi connectivity index (χ2v) is 6.76. The maximum absolute atomic E-state index is 12.4. The van der Waals surface area contributed by atoms with Gasteiger partial charge in [-0.15, -0.1) is 0 Å². The largest absolute Gasteiger partial charge is 0.429 e. The first-order chi connectivity index (χ1) is 8.96. The number of rotatable bonds is 4. The molecule has 0 radical (unpaired) electrons. The van der Waals surface area contributed by atoms with E-state index in [9.17, 15) is 4.57 Å². The molecule has 1 N–H and O–H groups in total. The molecule has 0 spiro atoms. The summed E-state index contributed by atoms with van der Waals surface area (Å²) in [5.41, 5.74) is 3.18. The van der Waals surface area contributed by atoms with Gasteiger partial charge in [0.25, 0.3) is 0 Å². The quantitative estimate of drug-likeness (QED) is 0.827. The summed E-state index contributed by atoms with van der Waals surface area (Å²) in [6, 6.07) is 15.1. The van der Waals surface area contributed by atoms with Crippen molar-refractivity contribution >= 4 is 13.2 Å². The molecule has 0 aromatic heterocycles. The smallest absolute Gasteiger partial charge is 0.338 e. The summed E-state index contributed by atoms with van der Waals surface area (Å²) in [6.45, 7) is 5.65. The lowest BCUT2D eigenvalue weighted by atomic mass is 10.1. The molecule has 0 fully saturated rings. The van der Waals surface area contributed by atoms with Gasteiger partial charge in [-0.1, -0.05) is 24.3 Å². The average molecular weight is 275 g/mol. The Morgan fingerprint density at radius 2 is 1.68 bits per heavy atom. The maximum Gasteiger partial charge on any atom is 0.338 e. The zero-order chi connectivity index (χ0) is 13.9. The summed E-state index contributed by atoms with van der Waals surface area (Å²) in [5.74, 6) is 0.602. The molecular weight excluding hydrogens is 257 g/mol. The van der Waals surface area contributed by atoms with Gasteiger partial charge in [0.05, 0.1) is 0 Å². The van der Waals surface area contributed by atoms with Crippen molar-refractivity contribution in [1.82, 2.24) is 0 Å². The highest BCUT2D eigenvalue weighted by Crippen LogP contribution is 2.43. The average Bonchev–Trinajstić information content (AvgIpc) is 2.34. The van der Waals surface area contributed by atoms with Gasteiger partial charge < -0.3 is 9.61 Å². The molecule has 0 amide bonds. The Morgan fingerprint density at radius 1 is 1.00 bits per heavy atom. The van der Waals surface area contributed by atoms with Crippen LogP contribution < -0.4 is 9.61 Å². The van der Waals surface area contributed by atoms with Crippen molar-refractivity contribution in [3.05, 3.63) is 59.7 Å². The number of anilines is 1. The van der Waals surface area contributed by atoms with E-state index in [1.54, 1.807) is 18.8 Å². The van der Waals surface area contributed by atoms with E-state index >= 15 is 0 Å². The van der Waals surface area contributed by atoms with E-state index in [1.807, 2.05) is 50.2 Å². The van der Waals surface area contributed by atoms with Crippen LogP contribution in [-0.2, 0) is 4.57 Å². The first-order valence-electron chi connectivity index (χ1n) is 6.14. The van der Waals surface area contributed by atoms with Gasteiger partial charge >= 0.3 is 7.52 Å². The van der Waals surface area contributed by atoms with Crippen LogP contribution in [0.25, 0.3) is 0 Å². The first kappa shape index (κ1) is 13.7. The minimum absolute atomic E-state index is 0.602. The van der Waals surface area contributed by atoms with Crippen LogP contribution in [0.15, 0.2) is 48.5 Å². The number of hydrogen-bond acceptors (Lipinski definition) is 2. The van der Waals surface area contributed by atoms with Crippen molar-refractivity contribution in [3.8, 4) is 5.75 Å². The second-order valence-electron chi connectivity index (χ2n) is 4.66. The summed E-state index contributed by atoms with van der Waals surface area (Å²) >= 11 is 0. The van der Waals surface area contributed by atoms with Crippen molar-refractivity contribution in [2.75, 3.05) is 11.8 Å². The van der Waals surface area contributed by atoms with Gasteiger partial charge in [-0.3, -0.25) is 4.57 Å². The van der Waals surface area contributed by atoms with E-state index in [0.717, 1.165) is 11.3 Å². The molecule has 1 unspecified atom stereocenters. The second kappa shape index (κ2) is 5.50. The van der Waals surface area contributed by atoms with E-state index in [2.05, 4.69) is 5.09 Å². The third kappa shape index (κ3) is 3.87. The zero-order valence-electron chi connectivity index (χ0n) is 11.4. The molecule has 0 saturated heterocycles. The molecule has 0 aliphatic heterocycles. The van der Waals surface area contributed by atoms with Crippen molar-refractivity contribution in [1.29, 1.82) is 0 Å². The Balaban J connectivity index is 2.12. The SMILES string of the molecule is Cc1ccc(NP(C)(=O)Oc2ccccc2)cc1C. The number of aryl methyl sites for hydroxylation is 2. The van der Waals surface area contributed by atoms with E-state index in [1.165, 1.54) is 5.56 Å². The molecule has 19 heavy (non-hydrogen) atoms. The minimum atomic E-state index is -2.92. The van der Waals surface area contributed by atoms with E-state index < -0.39 is 7.52 Å². The zero-order valence-corrected chi connectivity index (χ0v) is 12.3. The Bertz CT molecular complexity index is 611. The lowest BCUT2D eigenvalue weighted by Crippen LogP contribution is -2.02. The molecule has 0 aliphatic rings. The van der Waals surface area contributed by atoms with E-state index in [0.29, 0.717) is 5.75 Å². The van der Waals surface area contributed by atoms with E-state index in [-0.39, 0.29) is 0 Å². The Labute approximate surface area is 114 Å². The van der Waals surface area contributed by atoms with Gasteiger partial charge in [0.15, 0.2) is 0 Å². The van der Waals surface area contributed by atoms with Crippen LogP contribution >= 0.6 is 7.52 Å². The van der Waals surface area contributed by atoms with Gasteiger partial charge in [-0.2, -0.15) is 0 Å². The topological polar surface area (TPSA) is 38.3 Å². The molecule has 2 aromatic carbocycles. The standard InChI is InChI=1S/C15H18NO2P/c1-12-9-10-14(11-13(12)2)16-19(3,17)18-15-7-5-4-6-8-15/h4-11H,1-3H3,(H,16,17). The predicted molar refractivity (Wildman–Crippen MR) is 80.1 cm³/mol. The summed E-state index contributed by atoms with van der Waals surface area (Å²) < 4.78 is 17.9. The highest BCUT2D eigenvalue weighted by Gasteiger charge is 2.17. The molecule has 0 saturated carbocycles. The van der Waals surface area contributed by atoms with Crippen LogP contribution in [0.5, 0.6) is 5.75 Å². The number of benzene rings is 2. The molecule has 0 heterocycles. The van der Waals surface area contributed by atoms with Crippen LogP contribution in [0.4, 0.5) is 5.69 Å². The van der Waals surface area contributed by atoms with Gasteiger partial charge in [-0.05, 0) is 49.2 Å². The highest BCUT2D eigenvalue weighted by atomic mass is 31.2. The Kier molecular flexibility index (Phi) is 3.96. The summed E-state index contributed by atoms with van der Waals surface area (Å²) in [7, 11) is -2.92. The maximum atomic E-state index is 12.4. The molecule has 100 valence electrons. The monoisotopic (exact) mass is 275 g/mol. The minimum Gasteiger partial charge on any atom is -0.429 e. The van der Waals surface area contributed by atoms with Crippen molar-refractivity contribution < 1.29 is 9.09 Å². The van der Waals surface area contributed by atoms with Gasteiger partial charge in [0.2, 0.25) is 0 Å². The third-order valence-electron chi connectivity index (χ3n) is 2.86. The van der Waals surface area contributed by atoms with Crippen molar-refractivity contribution in [2.24, 2.45) is 0 Å². The molecule has 2 rings (SSSR count). The summed E-state index contributed by atoms with van der Waals surface area (Å²) in [5, 5.41) is 2.97. The fraction of sp³-hybridized carbons (Fsp3) is 0.200. The molecule has 3 nitrogen and oxygen atoms in total. The third-order valence-corrected chi connectivity index (χ3v) is 4.09. The number of para-hydroxylation sites is 1. The lowest BCUT2D eigenvalue weighted by Gasteiger charge is -2.18. The lowest BCUT2D eigenvalue weighted by molar-refractivity contribution is 0.493. The van der Waals surface area contributed by atoms with Gasteiger partial charge in [0.1, 0.15) is 5.75 Å². The van der Waals surface area contributed by atoms with Crippen LogP contribution in [0.1, 0.15) is 11.1 Å². The fourth-order valence-corrected chi connectivity index (χ4v) is 2.93. The van der Waals surface area contributed by atoms with Gasteiger partial charge in [-0.25, -0.2) is 0 Å². The molecule has 0 bridgehead atoms. The fourth-order valence-electron chi connectivity index (χ4n) is 1.75. The van der Waals surface area contributed by atoms with E-state index in [4.69, 9.17) is 4.52 Å². The normalized spacial score (nSPS) is 13.6. The predicted octanol–water partition coefficient (Wildman–Crippen LogP) is 4.62. The molecule has 0 aliphatic carbocycles. The van der Waals surface area contributed by atoms with Crippen LogP contribution in [-0.4, -0.2) is 6.66 Å². The highest BCUT2D eigenvalue weighted by molar-refractivity contribution is 7.60. The summed E-state index contributed by atoms with van der Waals surface area (Å²) in [6.07, 6.45) is 0. The summed E-state index contributed by atoms with van der Waals surface area (Å²) in [4.78, 5) is 0. The van der Waals surface area contributed by atoms with Crippen LogP contribution in [0.2, 0.25) is 0 Å². The first-order valence-corrected chi connectivity index (χ1v) is 8.21. The number of hydrogen-bond donors (Lipinski definition) is 1. The van der Waals surface area contributed by atoms with Crippen molar-refractivity contribution in [3.63, 3.8) is 0 Å². The Morgan fingerprint density at radius 3 is 2.32 bits per heavy atom.